The van der Waals surface area contributed by atoms with Crippen molar-refractivity contribution in [1.82, 2.24) is 34.9 Å². The first kappa shape index (κ1) is 16.9. The number of rotatable bonds is 5. The number of H-pyrrole nitrogens is 1. The van der Waals surface area contributed by atoms with Gasteiger partial charge in [0.25, 0.3) is 0 Å². The van der Waals surface area contributed by atoms with Crippen LogP contribution in [-0.4, -0.2) is 81.3 Å². The van der Waals surface area contributed by atoms with E-state index in [-0.39, 0.29) is 0 Å². The molecule has 3 aromatic rings. The Morgan fingerprint density at radius 2 is 2.00 bits per heavy atom. The maximum atomic E-state index is 5.83. The number of hydrogen-bond donors (Lipinski definition) is 1. The molecule has 0 unspecified atom stereocenters. The van der Waals surface area contributed by atoms with E-state index in [1.807, 2.05) is 13.0 Å². The van der Waals surface area contributed by atoms with E-state index in [4.69, 9.17) is 4.74 Å². The standard InChI is InChI=1S/C18H23N7O/c1-13-15-9-14(10-20-18(15)23-22-13)16-11-19-12-17(21-16)26-8-7-25-5-3-24(2)4-6-25/h9-12H,3-8H2,1-2H3,(H,20,22,23). The molecule has 8 nitrogen and oxygen atoms in total. The summed E-state index contributed by atoms with van der Waals surface area (Å²) < 4.78 is 5.83. The highest BCUT2D eigenvalue weighted by atomic mass is 16.5. The molecule has 1 saturated heterocycles. The van der Waals surface area contributed by atoms with Crippen molar-refractivity contribution in [1.29, 1.82) is 0 Å². The average molecular weight is 353 g/mol. The van der Waals surface area contributed by atoms with Crippen molar-refractivity contribution in [3.63, 3.8) is 0 Å². The molecule has 1 aliphatic rings. The highest BCUT2D eigenvalue weighted by Gasteiger charge is 2.13. The van der Waals surface area contributed by atoms with Crippen LogP contribution in [0.5, 0.6) is 5.88 Å². The molecule has 1 N–H and O–H groups in total. The third kappa shape index (κ3) is 3.66. The lowest BCUT2D eigenvalue weighted by atomic mass is 10.1. The summed E-state index contributed by atoms with van der Waals surface area (Å²) in [6.45, 7) is 7.88. The fraction of sp³-hybridized carbons (Fsp3) is 0.444. The van der Waals surface area contributed by atoms with Crippen LogP contribution in [0.25, 0.3) is 22.3 Å². The Labute approximate surface area is 152 Å². The SMILES string of the molecule is Cc1[nH]nc2ncc(-c3cncc(OCCN4CCN(C)CC4)n3)cc12. The summed E-state index contributed by atoms with van der Waals surface area (Å²) in [4.78, 5) is 18.0. The van der Waals surface area contributed by atoms with Crippen LogP contribution in [0.1, 0.15) is 5.69 Å². The van der Waals surface area contributed by atoms with Crippen LogP contribution in [-0.2, 0) is 0 Å². The molecule has 1 aliphatic heterocycles. The first-order valence-electron chi connectivity index (χ1n) is 8.86. The highest BCUT2D eigenvalue weighted by molar-refractivity contribution is 5.82. The third-order valence-electron chi connectivity index (χ3n) is 4.76. The molecule has 0 spiro atoms. The molecule has 4 heterocycles. The lowest BCUT2D eigenvalue weighted by Gasteiger charge is -2.32. The number of nitrogens with one attached hydrogen (secondary N) is 1. The molecule has 0 aromatic carbocycles. The molecule has 0 amide bonds. The van der Waals surface area contributed by atoms with Crippen LogP contribution in [0.2, 0.25) is 0 Å². The van der Waals surface area contributed by atoms with Crippen molar-refractivity contribution in [2.75, 3.05) is 46.4 Å². The number of hydrogen-bond acceptors (Lipinski definition) is 7. The van der Waals surface area contributed by atoms with Crippen LogP contribution in [0.3, 0.4) is 0 Å². The van der Waals surface area contributed by atoms with Gasteiger partial charge in [-0.1, -0.05) is 0 Å². The molecule has 1 fully saturated rings. The molecular formula is C18H23N7O. The van der Waals surface area contributed by atoms with Gasteiger partial charge in [-0.15, -0.1) is 0 Å². The Balaban J connectivity index is 1.41. The molecule has 0 bridgehead atoms. The van der Waals surface area contributed by atoms with Crippen molar-refractivity contribution in [3.8, 4) is 17.1 Å². The zero-order chi connectivity index (χ0) is 17.9. The second kappa shape index (κ2) is 7.35. The van der Waals surface area contributed by atoms with E-state index in [0.717, 1.165) is 55.1 Å². The van der Waals surface area contributed by atoms with Gasteiger partial charge in [-0.3, -0.25) is 15.0 Å². The van der Waals surface area contributed by atoms with Gasteiger partial charge in [0.1, 0.15) is 6.61 Å². The van der Waals surface area contributed by atoms with Gasteiger partial charge < -0.3 is 9.64 Å². The van der Waals surface area contributed by atoms with Crippen molar-refractivity contribution in [2.45, 2.75) is 6.92 Å². The normalized spacial score (nSPS) is 16.2. The predicted octanol–water partition coefficient (Wildman–Crippen LogP) is 1.35. The summed E-state index contributed by atoms with van der Waals surface area (Å²) >= 11 is 0. The first-order valence-corrected chi connectivity index (χ1v) is 8.86. The lowest BCUT2D eigenvalue weighted by molar-refractivity contribution is 0.132. The largest absolute Gasteiger partial charge is 0.475 e. The summed E-state index contributed by atoms with van der Waals surface area (Å²) in [5, 5.41) is 8.09. The van der Waals surface area contributed by atoms with Crippen LogP contribution >= 0.6 is 0 Å². The maximum absolute atomic E-state index is 5.83. The number of piperazine rings is 1. The van der Waals surface area contributed by atoms with E-state index in [1.165, 1.54) is 0 Å². The van der Waals surface area contributed by atoms with E-state index < -0.39 is 0 Å². The molecule has 26 heavy (non-hydrogen) atoms. The number of ether oxygens (including phenoxy) is 1. The molecule has 136 valence electrons. The summed E-state index contributed by atoms with van der Waals surface area (Å²) in [6, 6.07) is 2.03. The van der Waals surface area contributed by atoms with E-state index >= 15 is 0 Å². The monoisotopic (exact) mass is 353 g/mol. The number of aromatic amines is 1. The molecule has 3 aromatic heterocycles. The number of aromatic nitrogens is 5. The van der Waals surface area contributed by atoms with E-state index in [1.54, 1.807) is 18.6 Å². The van der Waals surface area contributed by atoms with E-state index in [9.17, 15) is 0 Å². The highest BCUT2D eigenvalue weighted by Crippen LogP contribution is 2.22. The van der Waals surface area contributed by atoms with Crippen LogP contribution in [0, 0.1) is 6.92 Å². The molecule has 0 saturated carbocycles. The fourth-order valence-electron chi connectivity index (χ4n) is 3.07. The number of aryl methyl sites for hydroxylation is 1. The maximum Gasteiger partial charge on any atom is 0.232 e. The van der Waals surface area contributed by atoms with E-state index in [2.05, 4.69) is 42.0 Å². The van der Waals surface area contributed by atoms with Crippen molar-refractivity contribution >= 4 is 11.0 Å². The van der Waals surface area contributed by atoms with Gasteiger partial charge in [0.15, 0.2) is 5.65 Å². The van der Waals surface area contributed by atoms with Gasteiger partial charge in [-0.05, 0) is 20.0 Å². The van der Waals surface area contributed by atoms with Gasteiger partial charge in [0.2, 0.25) is 5.88 Å². The van der Waals surface area contributed by atoms with Gasteiger partial charge >= 0.3 is 0 Å². The predicted molar refractivity (Wildman–Crippen MR) is 99.1 cm³/mol. The zero-order valence-electron chi connectivity index (χ0n) is 15.1. The minimum absolute atomic E-state index is 0.542. The third-order valence-corrected chi connectivity index (χ3v) is 4.76. The molecule has 0 atom stereocenters. The number of likely N-dealkylation sites (N-methyl/N-ethyl adjacent to an activating group) is 1. The van der Waals surface area contributed by atoms with Crippen molar-refractivity contribution in [3.05, 3.63) is 30.4 Å². The van der Waals surface area contributed by atoms with Crippen molar-refractivity contribution in [2.24, 2.45) is 0 Å². The second-order valence-electron chi connectivity index (χ2n) is 6.68. The van der Waals surface area contributed by atoms with Crippen LogP contribution in [0.15, 0.2) is 24.7 Å². The van der Waals surface area contributed by atoms with Crippen LogP contribution < -0.4 is 4.74 Å². The van der Waals surface area contributed by atoms with Gasteiger partial charge in [-0.2, -0.15) is 5.10 Å². The zero-order valence-corrected chi connectivity index (χ0v) is 15.1. The number of fused-ring (bicyclic) bond motifs is 1. The number of nitrogens with zero attached hydrogens (tertiary/aromatic N) is 6. The van der Waals surface area contributed by atoms with Gasteiger partial charge in [0, 0.05) is 55.6 Å². The minimum Gasteiger partial charge on any atom is -0.475 e. The Morgan fingerprint density at radius 3 is 2.85 bits per heavy atom. The number of pyridine rings is 1. The quantitative estimate of drug-likeness (QED) is 0.741. The molecule has 4 rings (SSSR count). The topological polar surface area (TPSA) is 83.1 Å². The van der Waals surface area contributed by atoms with E-state index in [0.29, 0.717) is 18.1 Å². The fourth-order valence-corrected chi connectivity index (χ4v) is 3.07. The summed E-state index contributed by atoms with van der Waals surface area (Å²) in [7, 11) is 2.16. The Bertz CT molecular complexity index is 886. The lowest BCUT2D eigenvalue weighted by Crippen LogP contribution is -2.45. The smallest absolute Gasteiger partial charge is 0.232 e. The molecule has 0 radical (unpaired) electrons. The summed E-state index contributed by atoms with van der Waals surface area (Å²) in [5.41, 5.74) is 3.34. The van der Waals surface area contributed by atoms with Crippen molar-refractivity contribution < 1.29 is 4.74 Å². The molecule has 8 heteroatoms. The van der Waals surface area contributed by atoms with Gasteiger partial charge in [-0.25, -0.2) is 9.97 Å². The Kier molecular flexibility index (Phi) is 4.77. The Morgan fingerprint density at radius 1 is 1.15 bits per heavy atom. The molecular weight excluding hydrogens is 330 g/mol. The molecule has 0 aliphatic carbocycles. The first-order chi connectivity index (χ1) is 12.7. The minimum atomic E-state index is 0.542. The Hall–Kier alpha value is -2.58. The summed E-state index contributed by atoms with van der Waals surface area (Å²) in [6.07, 6.45) is 5.15. The van der Waals surface area contributed by atoms with Crippen LogP contribution in [0.4, 0.5) is 0 Å². The summed E-state index contributed by atoms with van der Waals surface area (Å²) in [5.74, 6) is 0.542. The average Bonchev–Trinajstić information content (AvgIpc) is 3.04. The van der Waals surface area contributed by atoms with Gasteiger partial charge in [0.05, 0.1) is 18.1 Å². The second-order valence-corrected chi connectivity index (χ2v) is 6.68.